The molecule has 0 radical (unpaired) electrons. The molecule has 5 rings (SSSR count). The quantitative estimate of drug-likeness (QED) is 0.471. The minimum Gasteiger partial charge on any atom is -0.463 e. The molecule has 2 aliphatic rings. The highest BCUT2D eigenvalue weighted by Gasteiger charge is 2.37. The van der Waals surface area contributed by atoms with E-state index in [9.17, 15) is 14.7 Å². The van der Waals surface area contributed by atoms with Crippen LogP contribution in [-0.2, 0) is 16.0 Å². The van der Waals surface area contributed by atoms with Crippen LogP contribution in [0.5, 0.6) is 6.01 Å². The molecular weight excluding hydrogens is 549 g/mol. The summed E-state index contributed by atoms with van der Waals surface area (Å²) in [6.07, 6.45) is 0.880. The number of halogens is 2. The number of nitrogens with zero attached hydrogens (tertiary/aromatic N) is 5. The first kappa shape index (κ1) is 29.0. The summed E-state index contributed by atoms with van der Waals surface area (Å²) < 4.78 is 22.5. The molecule has 2 aromatic carbocycles. The second-order valence-corrected chi connectivity index (χ2v) is 11.7. The number of piperazine rings is 1. The third kappa shape index (κ3) is 5.94. The Hall–Kier alpha value is -3.50. The maximum atomic E-state index is 16.7. The standard InChI is InChI=1S/C30H35ClFN5O4/c1-18(38)36-10-12-37(13-11-36)28-21-15-23(31)25(22-17-30(2,40)16-19-7-5-6-8-20(19)22)26(32)27(21)33-29(34-28)41-14-9-24(39)35(3)4/h5-8,15,22,40H,9-14,16-17H2,1-4H3/t22-,30?/m0/s1. The molecular formula is C30H35ClFN5O4. The SMILES string of the molecule is CC(=O)N1CCN(c2nc(OCCC(=O)N(C)C)nc3c(F)c([C@H]4CC(C)(O)Cc5ccccc54)c(Cl)cc23)CC1. The van der Waals surface area contributed by atoms with E-state index < -0.39 is 17.3 Å². The van der Waals surface area contributed by atoms with Gasteiger partial charge in [-0.05, 0) is 30.5 Å². The monoisotopic (exact) mass is 583 g/mol. The number of carbonyl (C=O) groups is 2. The summed E-state index contributed by atoms with van der Waals surface area (Å²) in [4.78, 5) is 38.2. The van der Waals surface area contributed by atoms with Crippen molar-refractivity contribution in [2.75, 3.05) is 51.8 Å². The molecule has 2 amide bonds. The number of aromatic nitrogens is 2. The molecule has 1 fully saturated rings. The molecule has 0 spiro atoms. The molecule has 2 atom stereocenters. The summed E-state index contributed by atoms with van der Waals surface area (Å²) >= 11 is 6.84. The largest absolute Gasteiger partial charge is 0.463 e. The third-order valence-corrected chi connectivity index (χ3v) is 8.26. The molecule has 0 saturated carbocycles. The van der Waals surface area contributed by atoms with Crippen LogP contribution < -0.4 is 9.64 Å². The number of amides is 2. The molecule has 1 N–H and O–H groups in total. The fourth-order valence-corrected chi connectivity index (χ4v) is 6.13. The molecule has 2 heterocycles. The number of benzene rings is 2. The number of ether oxygens (including phenoxy) is 1. The van der Waals surface area contributed by atoms with Crippen molar-refractivity contribution < 1.29 is 23.8 Å². The summed E-state index contributed by atoms with van der Waals surface area (Å²) in [5, 5.41) is 11.7. The van der Waals surface area contributed by atoms with E-state index in [4.69, 9.17) is 16.3 Å². The van der Waals surface area contributed by atoms with Crippen molar-refractivity contribution in [3.63, 3.8) is 0 Å². The lowest BCUT2D eigenvalue weighted by molar-refractivity contribution is -0.130. The minimum absolute atomic E-state index is 0.00541. The second kappa shape index (κ2) is 11.4. The van der Waals surface area contributed by atoms with Gasteiger partial charge in [-0.2, -0.15) is 9.97 Å². The van der Waals surface area contributed by atoms with Crippen LogP contribution in [0.2, 0.25) is 5.02 Å². The Kier molecular flexibility index (Phi) is 8.07. The highest BCUT2D eigenvalue weighted by Crippen LogP contribution is 2.46. The molecule has 3 aromatic rings. The average molecular weight is 584 g/mol. The first-order valence-corrected chi connectivity index (χ1v) is 14.2. The van der Waals surface area contributed by atoms with E-state index in [0.29, 0.717) is 50.2 Å². The summed E-state index contributed by atoms with van der Waals surface area (Å²) in [5.41, 5.74) is 1.16. The van der Waals surface area contributed by atoms with Crippen molar-refractivity contribution in [2.24, 2.45) is 0 Å². The molecule has 11 heteroatoms. The van der Waals surface area contributed by atoms with Crippen LogP contribution in [0.15, 0.2) is 30.3 Å². The van der Waals surface area contributed by atoms with Crippen molar-refractivity contribution >= 4 is 40.1 Å². The predicted molar refractivity (Wildman–Crippen MR) is 155 cm³/mol. The van der Waals surface area contributed by atoms with Gasteiger partial charge in [0.05, 0.1) is 12.0 Å². The number of anilines is 1. The van der Waals surface area contributed by atoms with Gasteiger partial charge in [0.15, 0.2) is 5.82 Å². The van der Waals surface area contributed by atoms with Gasteiger partial charge in [0.25, 0.3) is 0 Å². The van der Waals surface area contributed by atoms with Crippen molar-refractivity contribution in [2.45, 2.75) is 44.6 Å². The molecule has 9 nitrogen and oxygen atoms in total. The van der Waals surface area contributed by atoms with Gasteiger partial charge in [0.2, 0.25) is 11.8 Å². The van der Waals surface area contributed by atoms with Crippen LogP contribution in [0.25, 0.3) is 10.9 Å². The van der Waals surface area contributed by atoms with Gasteiger partial charge in [0, 0.05) is 75.5 Å². The number of aliphatic hydroxyl groups is 1. The minimum atomic E-state index is -1.04. The van der Waals surface area contributed by atoms with Gasteiger partial charge < -0.3 is 24.5 Å². The van der Waals surface area contributed by atoms with Crippen LogP contribution in [0.4, 0.5) is 10.2 Å². The van der Waals surface area contributed by atoms with Crippen molar-refractivity contribution in [3.8, 4) is 6.01 Å². The molecule has 218 valence electrons. The Labute approximate surface area is 243 Å². The average Bonchev–Trinajstić information content (AvgIpc) is 2.92. The van der Waals surface area contributed by atoms with Gasteiger partial charge in [-0.1, -0.05) is 35.9 Å². The number of fused-ring (bicyclic) bond motifs is 2. The van der Waals surface area contributed by atoms with E-state index in [2.05, 4.69) is 9.97 Å². The summed E-state index contributed by atoms with van der Waals surface area (Å²) in [6, 6.07) is 9.35. The van der Waals surface area contributed by atoms with E-state index in [1.807, 2.05) is 29.2 Å². The maximum absolute atomic E-state index is 16.7. The van der Waals surface area contributed by atoms with Gasteiger partial charge >= 0.3 is 6.01 Å². The number of rotatable bonds is 6. The topological polar surface area (TPSA) is 99.1 Å². The molecule has 1 saturated heterocycles. The second-order valence-electron chi connectivity index (χ2n) is 11.3. The number of hydrogen-bond donors (Lipinski definition) is 1. The van der Waals surface area contributed by atoms with Crippen LogP contribution >= 0.6 is 11.6 Å². The van der Waals surface area contributed by atoms with Crippen LogP contribution in [-0.4, -0.2) is 89.2 Å². The van der Waals surface area contributed by atoms with E-state index in [1.165, 1.54) is 11.8 Å². The van der Waals surface area contributed by atoms with Crippen LogP contribution in [0, 0.1) is 5.82 Å². The van der Waals surface area contributed by atoms with Crippen LogP contribution in [0.1, 0.15) is 49.3 Å². The van der Waals surface area contributed by atoms with Crippen molar-refractivity contribution in [3.05, 3.63) is 57.9 Å². The fourth-order valence-electron chi connectivity index (χ4n) is 5.81. The fraction of sp³-hybridized carbons (Fsp3) is 0.467. The third-order valence-electron chi connectivity index (χ3n) is 7.94. The summed E-state index contributed by atoms with van der Waals surface area (Å²) in [7, 11) is 3.32. The Morgan fingerprint density at radius 3 is 2.59 bits per heavy atom. The van der Waals surface area contributed by atoms with Gasteiger partial charge in [-0.3, -0.25) is 9.59 Å². The van der Waals surface area contributed by atoms with E-state index >= 15 is 4.39 Å². The van der Waals surface area contributed by atoms with E-state index in [0.717, 1.165) is 11.1 Å². The smallest absolute Gasteiger partial charge is 0.319 e. The Morgan fingerprint density at radius 2 is 1.90 bits per heavy atom. The van der Waals surface area contributed by atoms with Gasteiger partial charge in [-0.25, -0.2) is 4.39 Å². The van der Waals surface area contributed by atoms with E-state index in [-0.39, 0.29) is 47.0 Å². The Morgan fingerprint density at radius 1 is 1.20 bits per heavy atom. The molecule has 1 aromatic heterocycles. The zero-order chi connectivity index (χ0) is 29.5. The van der Waals surface area contributed by atoms with Gasteiger partial charge in [-0.15, -0.1) is 0 Å². The highest BCUT2D eigenvalue weighted by atomic mass is 35.5. The Balaban J connectivity index is 1.60. The lowest BCUT2D eigenvalue weighted by atomic mass is 9.72. The Bertz CT molecular complexity index is 1490. The molecule has 0 bridgehead atoms. The maximum Gasteiger partial charge on any atom is 0.319 e. The predicted octanol–water partition coefficient (Wildman–Crippen LogP) is 3.78. The number of carbonyl (C=O) groups excluding carboxylic acids is 2. The molecule has 1 aliphatic carbocycles. The molecule has 1 aliphatic heterocycles. The lowest BCUT2D eigenvalue weighted by Crippen LogP contribution is -2.48. The van der Waals surface area contributed by atoms with Crippen molar-refractivity contribution in [1.82, 2.24) is 19.8 Å². The summed E-state index contributed by atoms with van der Waals surface area (Å²) in [5.74, 6) is -0.740. The number of hydrogen-bond acceptors (Lipinski definition) is 7. The van der Waals surface area contributed by atoms with E-state index in [1.54, 1.807) is 32.0 Å². The highest BCUT2D eigenvalue weighted by molar-refractivity contribution is 6.32. The lowest BCUT2D eigenvalue weighted by Gasteiger charge is -2.37. The summed E-state index contributed by atoms with van der Waals surface area (Å²) in [6.45, 7) is 5.29. The zero-order valence-corrected chi connectivity index (χ0v) is 24.5. The van der Waals surface area contributed by atoms with Crippen LogP contribution in [0.3, 0.4) is 0 Å². The van der Waals surface area contributed by atoms with Crippen molar-refractivity contribution in [1.29, 1.82) is 0 Å². The van der Waals surface area contributed by atoms with Gasteiger partial charge in [0.1, 0.15) is 17.9 Å². The normalized spacial score (nSPS) is 20.6. The first-order valence-electron chi connectivity index (χ1n) is 13.8. The molecule has 1 unspecified atom stereocenters. The first-order chi connectivity index (χ1) is 19.4. The zero-order valence-electron chi connectivity index (χ0n) is 23.8. The molecule has 41 heavy (non-hydrogen) atoms.